The molecule has 182 valence electrons. The van der Waals surface area contributed by atoms with Crippen molar-refractivity contribution in [1.82, 2.24) is 9.55 Å². The number of rotatable bonds is 8. The predicted octanol–water partition coefficient (Wildman–Crippen LogP) is 4.16. The number of imidazole rings is 1. The second kappa shape index (κ2) is 9.83. The van der Waals surface area contributed by atoms with E-state index in [1.807, 2.05) is 19.1 Å². The molecule has 3 aromatic carbocycles. The molecule has 3 N–H and O–H groups in total. The molecular weight excluding hydrogens is 464 g/mol. The molecule has 0 aliphatic rings. The van der Waals surface area contributed by atoms with Crippen LogP contribution in [-0.4, -0.2) is 42.8 Å². The van der Waals surface area contributed by atoms with E-state index in [2.05, 4.69) is 4.98 Å². The first-order chi connectivity index (χ1) is 17.2. The number of benzene rings is 2. The second-order valence-electron chi connectivity index (χ2n) is 8.24. The van der Waals surface area contributed by atoms with Crippen LogP contribution in [0.15, 0.2) is 65.5 Å². The summed E-state index contributed by atoms with van der Waals surface area (Å²) in [5.74, 6) is -3.45. The van der Waals surface area contributed by atoms with E-state index in [-0.39, 0.29) is 17.6 Å². The van der Waals surface area contributed by atoms with Crippen molar-refractivity contribution in [2.45, 2.75) is 26.3 Å². The fourth-order valence-electron chi connectivity index (χ4n) is 4.14. The molecule has 0 saturated heterocycles. The summed E-state index contributed by atoms with van der Waals surface area (Å²) in [5.41, 5.74) is 0.483. The van der Waals surface area contributed by atoms with Gasteiger partial charge >= 0.3 is 17.9 Å². The smallest absolute Gasteiger partial charge is 0.339 e. The minimum atomic E-state index is -1.52. The van der Waals surface area contributed by atoms with Crippen LogP contribution in [0.1, 0.15) is 55.8 Å². The number of carbonyl (C=O) groups is 3. The van der Waals surface area contributed by atoms with Gasteiger partial charge < -0.3 is 19.9 Å². The largest absolute Gasteiger partial charge is 0.478 e. The lowest BCUT2D eigenvalue weighted by Crippen LogP contribution is -2.19. The molecule has 0 aliphatic carbocycles. The molecule has 1 aromatic heterocycles. The standard InChI is InChI=1S/C27H22N2O7/c1-2-5-23-28-21-12-19(26(33)34)24(30)20(27(35)36)13-22(21)29(23)14-15-8-10-16(11-9-15)17-6-3-4-7-18(17)25(31)32/h3-4,6-13H,2,5,14H2,1H3,(H,31,32)(H,33,34)(H,35,36). The third kappa shape index (κ3) is 4.58. The Morgan fingerprint density at radius 2 is 1.44 bits per heavy atom. The lowest BCUT2D eigenvalue weighted by Gasteiger charge is -2.11. The van der Waals surface area contributed by atoms with Crippen molar-refractivity contribution in [1.29, 1.82) is 0 Å². The monoisotopic (exact) mass is 486 g/mol. The number of nitrogens with zero attached hydrogens (tertiary/aromatic N) is 2. The molecule has 0 radical (unpaired) electrons. The number of carboxylic acid groups (broad SMARTS) is 3. The number of fused-ring (bicyclic) bond motifs is 1. The number of hydrogen-bond donors (Lipinski definition) is 3. The maximum absolute atomic E-state index is 12.5. The van der Waals surface area contributed by atoms with E-state index in [0.717, 1.165) is 23.6 Å². The summed E-state index contributed by atoms with van der Waals surface area (Å²) in [6, 6.07) is 16.3. The lowest BCUT2D eigenvalue weighted by molar-refractivity contribution is 0.0681. The first-order valence-corrected chi connectivity index (χ1v) is 11.2. The van der Waals surface area contributed by atoms with Gasteiger partial charge in [0.1, 0.15) is 17.0 Å². The number of aryl methyl sites for hydroxylation is 1. The van der Waals surface area contributed by atoms with Crippen LogP contribution in [0, 0.1) is 0 Å². The van der Waals surface area contributed by atoms with Crippen LogP contribution in [0.4, 0.5) is 0 Å². The van der Waals surface area contributed by atoms with Crippen molar-refractivity contribution < 1.29 is 29.7 Å². The van der Waals surface area contributed by atoms with Crippen LogP contribution in [0.25, 0.3) is 22.2 Å². The summed E-state index contributed by atoms with van der Waals surface area (Å²) < 4.78 is 1.77. The number of carboxylic acids is 3. The van der Waals surface area contributed by atoms with Gasteiger partial charge in [-0.25, -0.2) is 19.4 Å². The van der Waals surface area contributed by atoms with Crippen LogP contribution >= 0.6 is 0 Å². The Labute approximate surface area is 204 Å². The van der Waals surface area contributed by atoms with E-state index in [9.17, 15) is 34.5 Å². The zero-order valence-electron chi connectivity index (χ0n) is 19.3. The van der Waals surface area contributed by atoms with Gasteiger partial charge in [0.25, 0.3) is 0 Å². The normalized spacial score (nSPS) is 10.9. The summed E-state index contributed by atoms with van der Waals surface area (Å²) >= 11 is 0. The second-order valence-corrected chi connectivity index (χ2v) is 8.24. The molecule has 0 saturated carbocycles. The number of aromatic nitrogens is 2. The Hall–Kier alpha value is -4.79. The molecular formula is C27H22N2O7. The summed E-state index contributed by atoms with van der Waals surface area (Å²) in [6.45, 7) is 2.24. The molecule has 0 spiro atoms. The average Bonchev–Trinajstić information content (AvgIpc) is 3.07. The average molecular weight is 486 g/mol. The van der Waals surface area contributed by atoms with Gasteiger partial charge in [-0.3, -0.25) is 4.79 Å². The quantitative estimate of drug-likeness (QED) is 0.336. The van der Waals surface area contributed by atoms with Crippen LogP contribution in [0.5, 0.6) is 0 Å². The molecule has 0 bridgehead atoms. The molecule has 9 heteroatoms. The SMILES string of the molecule is CCCc1nc2cc(C(=O)O)c(=O)c(C(=O)O)cc2n1Cc1ccc(-c2ccccc2C(=O)O)cc1. The third-order valence-corrected chi connectivity index (χ3v) is 5.86. The van der Waals surface area contributed by atoms with Gasteiger partial charge in [-0.05, 0) is 41.3 Å². The van der Waals surface area contributed by atoms with E-state index < -0.39 is 34.5 Å². The minimum Gasteiger partial charge on any atom is -0.478 e. The van der Waals surface area contributed by atoms with Crippen LogP contribution in [-0.2, 0) is 13.0 Å². The first kappa shape index (κ1) is 24.3. The minimum absolute atomic E-state index is 0.187. The van der Waals surface area contributed by atoms with Crippen LogP contribution in [0.2, 0.25) is 0 Å². The summed E-state index contributed by atoms with van der Waals surface area (Å²) in [5, 5.41) is 28.5. The molecule has 0 aliphatic heterocycles. The molecule has 36 heavy (non-hydrogen) atoms. The predicted molar refractivity (Wildman–Crippen MR) is 132 cm³/mol. The summed E-state index contributed by atoms with van der Waals surface area (Å²) in [4.78, 5) is 52.0. The summed E-state index contributed by atoms with van der Waals surface area (Å²) in [6.07, 6.45) is 1.29. The van der Waals surface area contributed by atoms with E-state index in [4.69, 9.17) is 0 Å². The zero-order chi connectivity index (χ0) is 26.0. The molecule has 0 atom stereocenters. The highest BCUT2D eigenvalue weighted by Crippen LogP contribution is 2.25. The number of aromatic carboxylic acids is 3. The Kier molecular flexibility index (Phi) is 6.64. The zero-order valence-corrected chi connectivity index (χ0v) is 19.3. The highest BCUT2D eigenvalue weighted by molar-refractivity contribution is 5.97. The van der Waals surface area contributed by atoms with Gasteiger partial charge in [-0.2, -0.15) is 0 Å². The van der Waals surface area contributed by atoms with E-state index >= 15 is 0 Å². The highest BCUT2D eigenvalue weighted by Gasteiger charge is 2.20. The Balaban J connectivity index is 1.84. The van der Waals surface area contributed by atoms with Crippen molar-refractivity contribution in [3.8, 4) is 11.1 Å². The van der Waals surface area contributed by atoms with E-state index in [0.29, 0.717) is 23.3 Å². The molecule has 4 aromatic rings. The summed E-state index contributed by atoms with van der Waals surface area (Å²) in [7, 11) is 0. The first-order valence-electron chi connectivity index (χ1n) is 11.2. The van der Waals surface area contributed by atoms with Gasteiger partial charge in [-0.1, -0.05) is 49.4 Å². The van der Waals surface area contributed by atoms with Gasteiger partial charge in [0.05, 0.1) is 16.6 Å². The molecule has 4 rings (SSSR count). The van der Waals surface area contributed by atoms with Gasteiger partial charge in [0.15, 0.2) is 0 Å². The van der Waals surface area contributed by atoms with E-state index in [1.165, 1.54) is 12.1 Å². The van der Waals surface area contributed by atoms with Crippen molar-refractivity contribution in [2.24, 2.45) is 0 Å². The van der Waals surface area contributed by atoms with Gasteiger partial charge in [-0.15, -0.1) is 0 Å². The van der Waals surface area contributed by atoms with Crippen LogP contribution < -0.4 is 5.43 Å². The molecule has 0 amide bonds. The third-order valence-electron chi connectivity index (χ3n) is 5.86. The molecule has 9 nitrogen and oxygen atoms in total. The fraction of sp³-hybridized carbons (Fsp3) is 0.148. The molecule has 1 heterocycles. The van der Waals surface area contributed by atoms with Crippen molar-refractivity contribution >= 4 is 28.9 Å². The number of hydrogen-bond acceptors (Lipinski definition) is 5. The van der Waals surface area contributed by atoms with Crippen molar-refractivity contribution in [3.63, 3.8) is 0 Å². The Morgan fingerprint density at radius 1 is 0.833 bits per heavy atom. The molecule has 0 fully saturated rings. The lowest BCUT2D eigenvalue weighted by atomic mass is 9.99. The topological polar surface area (TPSA) is 147 Å². The fourth-order valence-corrected chi connectivity index (χ4v) is 4.14. The van der Waals surface area contributed by atoms with E-state index in [1.54, 1.807) is 34.9 Å². The molecule has 0 unspecified atom stereocenters. The Bertz CT molecular complexity index is 1570. The maximum Gasteiger partial charge on any atom is 0.339 e. The maximum atomic E-state index is 12.5. The van der Waals surface area contributed by atoms with Gasteiger partial charge in [0.2, 0.25) is 5.43 Å². The van der Waals surface area contributed by atoms with Crippen molar-refractivity contribution in [3.05, 3.63) is 99.0 Å². The Morgan fingerprint density at radius 3 is 2.06 bits per heavy atom. The van der Waals surface area contributed by atoms with Gasteiger partial charge in [0, 0.05) is 13.0 Å². The van der Waals surface area contributed by atoms with Crippen molar-refractivity contribution in [2.75, 3.05) is 0 Å². The van der Waals surface area contributed by atoms with Crippen LogP contribution in [0.3, 0.4) is 0 Å². The highest BCUT2D eigenvalue weighted by atomic mass is 16.4.